The third kappa shape index (κ3) is 3.61. The van der Waals surface area contributed by atoms with Gasteiger partial charge in [-0.25, -0.2) is 0 Å². The second-order valence-electron chi connectivity index (χ2n) is 9.80. The number of ether oxygens (including phenoxy) is 2. The summed E-state index contributed by atoms with van der Waals surface area (Å²) < 4.78 is 11.9. The number of nitro groups is 2. The van der Waals surface area contributed by atoms with Crippen LogP contribution in [-0.2, 0) is 31.9 Å². The minimum atomic E-state index is -0.894. The third-order valence-corrected chi connectivity index (χ3v) is 7.44. The van der Waals surface area contributed by atoms with E-state index in [4.69, 9.17) is 9.47 Å². The van der Waals surface area contributed by atoms with Gasteiger partial charge in [0.25, 0.3) is 11.4 Å². The second-order valence-corrected chi connectivity index (χ2v) is 9.80. The Morgan fingerprint density at radius 3 is 2.05 bits per heavy atom. The number of anilines is 2. The molecule has 2 N–H and O–H groups in total. The summed E-state index contributed by atoms with van der Waals surface area (Å²) in [6.45, 7) is 0. The van der Waals surface area contributed by atoms with Gasteiger partial charge in [0.15, 0.2) is 18.1 Å². The predicted molar refractivity (Wildman–Crippen MR) is 139 cm³/mol. The maximum Gasteiger partial charge on any atom is 0.271 e. The third-order valence-electron chi connectivity index (χ3n) is 7.44. The lowest BCUT2D eigenvalue weighted by molar-refractivity contribution is -0.385. The van der Waals surface area contributed by atoms with Crippen LogP contribution in [0, 0.1) is 20.2 Å². The Balaban J connectivity index is 1.07. The molecule has 3 aromatic rings. The number of nitrogens with one attached hydrogen (secondary N) is 2. The van der Waals surface area contributed by atoms with Crippen LogP contribution in [0.15, 0.2) is 83.6 Å². The first kappa shape index (κ1) is 23.6. The van der Waals surface area contributed by atoms with Gasteiger partial charge in [-0.3, -0.25) is 29.8 Å². The number of nitrogens with zero attached hydrogens (tertiary/aromatic N) is 2. The highest BCUT2D eigenvalue weighted by atomic mass is 16.6. The molecule has 0 aliphatic carbocycles. The lowest BCUT2D eigenvalue weighted by atomic mass is 9.93. The molecular formula is C28H18N4O8. The Kier molecular flexibility index (Phi) is 5.01. The van der Waals surface area contributed by atoms with E-state index in [0.717, 1.165) is 5.56 Å². The summed E-state index contributed by atoms with van der Waals surface area (Å²) in [6, 6.07) is 15.7. The number of carbonyl (C=O) groups is 2. The molecule has 4 aliphatic rings. The minimum absolute atomic E-state index is 0.0405. The van der Waals surface area contributed by atoms with E-state index < -0.39 is 22.1 Å². The average Bonchev–Trinajstić information content (AvgIpc) is 3.45. The van der Waals surface area contributed by atoms with Crippen molar-refractivity contribution >= 4 is 34.3 Å². The first-order valence-corrected chi connectivity index (χ1v) is 12.3. The molecule has 12 nitrogen and oxygen atoms in total. The highest BCUT2D eigenvalue weighted by Gasteiger charge is 2.41. The standard InChI is InChI=1S/C28H18N4O8/c33-24-19-10-15-5-6-18(32(37)38)12-21(15)30-28(19)40-26(24)13-1-3-14(4-2-13)27-25(34)23-22(39-27)11-16-9-17(31(35)36)7-8-20(16)29-23/h1-9,12,26-27,29-30H,10-11H2. The molecule has 12 heteroatoms. The molecular weight excluding hydrogens is 520 g/mol. The van der Waals surface area contributed by atoms with Crippen molar-refractivity contribution in [1.29, 1.82) is 0 Å². The fraction of sp³-hybridized carbons (Fsp3) is 0.143. The highest BCUT2D eigenvalue weighted by molar-refractivity contribution is 6.05. The van der Waals surface area contributed by atoms with Crippen LogP contribution in [0.2, 0.25) is 0 Å². The normalized spacial score (nSPS) is 20.4. The van der Waals surface area contributed by atoms with Crippen LogP contribution >= 0.6 is 0 Å². The summed E-state index contributed by atoms with van der Waals surface area (Å²) >= 11 is 0. The van der Waals surface area contributed by atoms with Crippen LogP contribution < -0.4 is 10.6 Å². The van der Waals surface area contributed by atoms with Gasteiger partial charge in [0.05, 0.1) is 21.1 Å². The Bertz CT molecular complexity index is 1630. The van der Waals surface area contributed by atoms with Crippen LogP contribution in [-0.4, -0.2) is 21.4 Å². The maximum atomic E-state index is 13.2. The van der Waals surface area contributed by atoms with Crippen molar-refractivity contribution in [2.24, 2.45) is 0 Å². The molecule has 2 atom stereocenters. The zero-order chi connectivity index (χ0) is 27.7. The molecule has 0 fully saturated rings. The number of carbonyl (C=O) groups excluding carboxylic acids is 2. The molecule has 0 aromatic heterocycles. The number of ketones is 2. The van der Waals surface area contributed by atoms with E-state index >= 15 is 0 Å². The topological polar surface area (TPSA) is 163 Å². The molecule has 4 aliphatic heterocycles. The average molecular weight is 538 g/mol. The molecule has 40 heavy (non-hydrogen) atoms. The van der Waals surface area contributed by atoms with Gasteiger partial charge >= 0.3 is 0 Å². The number of benzene rings is 3. The summed E-state index contributed by atoms with van der Waals surface area (Å²) in [6.07, 6.45) is -1.24. The number of Topliss-reactive ketones (excluding diaryl/α,β-unsaturated/α-hetero) is 2. The van der Waals surface area contributed by atoms with Gasteiger partial charge in [-0.1, -0.05) is 24.3 Å². The van der Waals surface area contributed by atoms with Crippen molar-refractivity contribution in [2.75, 3.05) is 10.6 Å². The van der Waals surface area contributed by atoms with Crippen molar-refractivity contribution in [1.82, 2.24) is 0 Å². The van der Waals surface area contributed by atoms with Gasteiger partial charge in [0, 0.05) is 53.9 Å². The van der Waals surface area contributed by atoms with Gasteiger partial charge < -0.3 is 20.1 Å². The van der Waals surface area contributed by atoms with Gasteiger partial charge in [-0.15, -0.1) is 0 Å². The van der Waals surface area contributed by atoms with Gasteiger partial charge in [-0.2, -0.15) is 0 Å². The van der Waals surface area contributed by atoms with E-state index in [1.807, 2.05) is 0 Å². The number of non-ortho nitro benzene ring substituents is 2. The molecule has 0 spiro atoms. The number of hydrogen-bond acceptors (Lipinski definition) is 10. The molecule has 0 saturated heterocycles. The summed E-state index contributed by atoms with van der Waals surface area (Å²) in [5.41, 5.74) is 4.42. The Morgan fingerprint density at radius 2 is 1.35 bits per heavy atom. The van der Waals surface area contributed by atoms with Gasteiger partial charge in [0.2, 0.25) is 11.6 Å². The number of allylic oxidation sites excluding steroid dienone is 1. The molecule has 2 unspecified atom stereocenters. The van der Waals surface area contributed by atoms with Gasteiger partial charge in [0.1, 0.15) is 11.5 Å². The number of nitro benzene ring substituents is 2. The summed E-state index contributed by atoms with van der Waals surface area (Å²) in [5, 5.41) is 28.3. The molecule has 0 radical (unpaired) electrons. The predicted octanol–water partition coefficient (Wildman–Crippen LogP) is 4.54. The summed E-state index contributed by atoms with van der Waals surface area (Å²) in [4.78, 5) is 47.7. The lowest BCUT2D eigenvalue weighted by Crippen LogP contribution is -2.17. The van der Waals surface area contributed by atoms with Gasteiger partial charge in [-0.05, 0) is 23.3 Å². The molecule has 4 heterocycles. The van der Waals surface area contributed by atoms with E-state index in [0.29, 0.717) is 51.5 Å². The monoisotopic (exact) mass is 538 g/mol. The van der Waals surface area contributed by atoms with Crippen LogP contribution in [0.25, 0.3) is 0 Å². The SMILES string of the molecule is O=C1C2=C(Nc3cc([N+](=O)[O-])ccc3C2)OC1c1ccc(C2OC3=C(Nc4ccc([N+](=O)[O-])cc4C3)C2=O)cc1. The fourth-order valence-electron chi connectivity index (χ4n) is 5.38. The van der Waals surface area contributed by atoms with E-state index in [1.165, 1.54) is 24.3 Å². The Labute approximate surface area is 225 Å². The summed E-state index contributed by atoms with van der Waals surface area (Å²) in [7, 11) is 0. The van der Waals surface area contributed by atoms with Crippen LogP contribution in [0.1, 0.15) is 34.5 Å². The first-order chi connectivity index (χ1) is 19.3. The van der Waals surface area contributed by atoms with E-state index in [9.17, 15) is 29.8 Å². The number of hydrogen-bond donors (Lipinski definition) is 2. The Morgan fingerprint density at radius 1 is 0.700 bits per heavy atom. The maximum absolute atomic E-state index is 13.2. The molecule has 7 rings (SSSR count). The molecule has 3 aromatic carbocycles. The minimum Gasteiger partial charge on any atom is -0.479 e. The molecule has 0 bridgehead atoms. The van der Waals surface area contributed by atoms with E-state index in [-0.39, 0.29) is 35.2 Å². The lowest BCUT2D eigenvalue weighted by Gasteiger charge is -2.18. The van der Waals surface area contributed by atoms with Crippen LogP contribution in [0.3, 0.4) is 0 Å². The first-order valence-electron chi connectivity index (χ1n) is 12.3. The van der Waals surface area contributed by atoms with Crippen molar-refractivity contribution in [3.8, 4) is 0 Å². The zero-order valence-corrected chi connectivity index (χ0v) is 20.5. The van der Waals surface area contributed by atoms with Crippen LogP contribution in [0.4, 0.5) is 22.7 Å². The fourth-order valence-corrected chi connectivity index (χ4v) is 5.38. The largest absolute Gasteiger partial charge is 0.479 e. The Hall–Kier alpha value is -5.52. The quantitative estimate of drug-likeness (QED) is 0.356. The smallest absolute Gasteiger partial charge is 0.271 e. The van der Waals surface area contributed by atoms with Crippen LogP contribution in [0.5, 0.6) is 0 Å². The molecule has 198 valence electrons. The van der Waals surface area contributed by atoms with E-state index in [1.54, 1.807) is 36.4 Å². The van der Waals surface area contributed by atoms with Crippen molar-refractivity contribution in [2.45, 2.75) is 25.0 Å². The second kappa shape index (κ2) is 8.50. The van der Waals surface area contributed by atoms with E-state index in [2.05, 4.69) is 10.6 Å². The molecule has 0 saturated carbocycles. The van der Waals surface area contributed by atoms with Crippen molar-refractivity contribution in [3.63, 3.8) is 0 Å². The molecule has 0 amide bonds. The number of fused-ring (bicyclic) bond motifs is 2. The highest BCUT2D eigenvalue weighted by Crippen LogP contribution is 2.43. The van der Waals surface area contributed by atoms with Crippen molar-refractivity contribution < 1.29 is 28.9 Å². The zero-order valence-electron chi connectivity index (χ0n) is 20.5. The van der Waals surface area contributed by atoms with Crippen molar-refractivity contribution in [3.05, 3.63) is 126 Å². The number of rotatable bonds is 4. The summed E-state index contributed by atoms with van der Waals surface area (Å²) in [5.74, 6) is 0.238.